The molecule has 0 bridgehead atoms. The predicted molar refractivity (Wildman–Crippen MR) is 136 cm³/mol. The molecule has 0 saturated heterocycles. The van der Waals surface area contributed by atoms with Crippen molar-refractivity contribution in [3.63, 3.8) is 0 Å². The highest BCUT2D eigenvalue weighted by molar-refractivity contribution is 5.86. The lowest BCUT2D eigenvalue weighted by Crippen LogP contribution is -2.54. The van der Waals surface area contributed by atoms with Gasteiger partial charge in [-0.15, -0.1) is 0 Å². The number of amides is 3. The molecule has 1 atom stereocenters. The maximum Gasteiger partial charge on any atom is 0.467 e. The SMILES string of the molecule is CN(CCCCN(C)C(=O)C(CNC(=O)OC(C)(C)C)NC(=O)OC(C)(C)C)CCCOC(=N)C(F)(F)F. The number of halogens is 3. The van der Waals surface area contributed by atoms with Crippen LogP contribution in [-0.2, 0) is 19.0 Å². The van der Waals surface area contributed by atoms with Gasteiger partial charge >= 0.3 is 18.4 Å². The van der Waals surface area contributed by atoms with Gasteiger partial charge in [-0.2, -0.15) is 13.2 Å². The lowest BCUT2D eigenvalue weighted by molar-refractivity contribution is -0.132. The number of nitrogens with zero attached hydrogens (tertiary/aromatic N) is 2. The van der Waals surface area contributed by atoms with Crippen LogP contribution < -0.4 is 10.6 Å². The van der Waals surface area contributed by atoms with Crippen LogP contribution in [0.2, 0.25) is 0 Å². The number of alkyl halides is 3. The molecule has 0 aromatic rings. The largest absolute Gasteiger partial charge is 0.475 e. The molecule has 0 aliphatic heterocycles. The molecule has 0 aromatic carbocycles. The summed E-state index contributed by atoms with van der Waals surface area (Å²) in [7, 11) is 3.39. The van der Waals surface area contributed by atoms with Gasteiger partial charge in [-0.25, -0.2) is 9.59 Å². The second-order valence-corrected chi connectivity index (χ2v) is 10.9. The van der Waals surface area contributed by atoms with Crippen LogP contribution in [0.1, 0.15) is 60.8 Å². The number of nitrogens with one attached hydrogen (secondary N) is 3. The first-order valence-electron chi connectivity index (χ1n) is 12.4. The smallest absolute Gasteiger partial charge is 0.467 e. The number of alkyl carbamates (subject to hydrolysis) is 2. The monoisotopic (exact) mass is 555 g/mol. The first kappa shape index (κ1) is 35.2. The van der Waals surface area contributed by atoms with Gasteiger partial charge in [0.15, 0.2) is 0 Å². The number of rotatable bonds is 13. The van der Waals surface area contributed by atoms with E-state index in [1.54, 1.807) is 48.6 Å². The van der Waals surface area contributed by atoms with Gasteiger partial charge in [0.1, 0.15) is 17.2 Å². The van der Waals surface area contributed by atoms with Crippen LogP contribution >= 0.6 is 0 Å². The maximum atomic E-state index is 13.0. The van der Waals surface area contributed by atoms with Crippen LogP contribution in [0.5, 0.6) is 0 Å². The molecule has 0 aliphatic rings. The summed E-state index contributed by atoms with van der Waals surface area (Å²) in [6, 6.07) is -1.08. The van der Waals surface area contributed by atoms with Gasteiger partial charge in [-0.05, 0) is 74.4 Å². The van der Waals surface area contributed by atoms with E-state index in [9.17, 15) is 27.6 Å². The molecule has 0 aromatic heterocycles. The fourth-order valence-electron chi connectivity index (χ4n) is 2.96. The molecule has 0 rings (SSSR count). The molecule has 0 radical (unpaired) electrons. The molecule has 14 heteroatoms. The van der Waals surface area contributed by atoms with E-state index >= 15 is 0 Å². The summed E-state index contributed by atoms with van der Waals surface area (Å²) in [4.78, 5) is 40.7. The molecule has 0 saturated carbocycles. The minimum absolute atomic E-state index is 0.200. The van der Waals surface area contributed by atoms with E-state index in [0.29, 0.717) is 38.9 Å². The van der Waals surface area contributed by atoms with Crippen LogP contribution in [0.4, 0.5) is 22.8 Å². The molecule has 0 heterocycles. The fourth-order valence-corrected chi connectivity index (χ4v) is 2.96. The quantitative estimate of drug-likeness (QED) is 0.180. The molecule has 0 spiro atoms. The number of unbranched alkanes of at least 4 members (excludes halogenated alkanes) is 1. The summed E-state index contributed by atoms with van der Waals surface area (Å²) >= 11 is 0. The van der Waals surface area contributed by atoms with Crippen molar-refractivity contribution in [2.24, 2.45) is 0 Å². The number of likely N-dealkylation sites (N-methyl/N-ethyl adjacent to an activating group) is 1. The zero-order chi connectivity index (χ0) is 29.7. The highest BCUT2D eigenvalue weighted by Gasteiger charge is 2.36. The van der Waals surface area contributed by atoms with Crippen LogP contribution in [-0.4, -0.2) is 104 Å². The summed E-state index contributed by atoms with van der Waals surface area (Å²) in [6.07, 6.45) is -4.65. The van der Waals surface area contributed by atoms with E-state index in [2.05, 4.69) is 15.4 Å². The standard InChI is InChI=1S/C24H44F3N5O6/c1-22(2,3)37-20(34)29-16-17(30-21(35)38-23(4,5)6)18(33)32(8)14-10-9-12-31(7)13-11-15-36-19(28)24(25,26)27/h17,28H,9-16H2,1-8H3,(H,29,34)(H,30,35). The van der Waals surface area contributed by atoms with Gasteiger partial charge in [0, 0.05) is 20.1 Å². The molecule has 38 heavy (non-hydrogen) atoms. The van der Waals surface area contributed by atoms with Crippen molar-refractivity contribution < 1.29 is 41.8 Å². The number of carbonyl (C=O) groups is 3. The predicted octanol–water partition coefficient (Wildman–Crippen LogP) is 3.52. The summed E-state index contributed by atoms with van der Waals surface area (Å²) in [5, 5.41) is 11.8. The van der Waals surface area contributed by atoms with Crippen molar-refractivity contribution in [3.05, 3.63) is 0 Å². The summed E-state index contributed by atoms with van der Waals surface area (Å²) in [5.74, 6) is -2.13. The third-order valence-corrected chi connectivity index (χ3v) is 4.69. The van der Waals surface area contributed by atoms with Crippen molar-refractivity contribution in [1.82, 2.24) is 20.4 Å². The minimum atomic E-state index is -4.78. The van der Waals surface area contributed by atoms with Gasteiger partial charge < -0.3 is 34.6 Å². The molecule has 222 valence electrons. The van der Waals surface area contributed by atoms with Gasteiger partial charge in [0.2, 0.25) is 5.91 Å². The van der Waals surface area contributed by atoms with Gasteiger partial charge in [0.05, 0.1) is 13.2 Å². The second-order valence-electron chi connectivity index (χ2n) is 10.9. The summed E-state index contributed by atoms with van der Waals surface area (Å²) < 4.78 is 51.5. The molecular weight excluding hydrogens is 511 g/mol. The van der Waals surface area contributed by atoms with E-state index in [4.69, 9.17) is 14.9 Å². The number of ether oxygens (including phenoxy) is 3. The topological polar surface area (TPSA) is 133 Å². The third-order valence-electron chi connectivity index (χ3n) is 4.69. The van der Waals surface area contributed by atoms with Crippen molar-refractivity contribution in [2.75, 3.05) is 46.9 Å². The molecule has 1 unspecified atom stereocenters. The Labute approximate surface area is 223 Å². The molecule has 11 nitrogen and oxygen atoms in total. The first-order chi connectivity index (χ1) is 17.2. The lowest BCUT2D eigenvalue weighted by atomic mass is 10.2. The van der Waals surface area contributed by atoms with E-state index < -0.39 is 47.4 Å². The Bertz CT molecular complexity index is 781. The van der Waals surface area contributed by atoms with E-state index in [1.807, 2.05) is 11.9 Å². The van der Waals surface area contributed by atoms with E-state index in [-0.39, 0.29) is 13.2 Å². The van der Waals surface area contributed by atoms with Gasteiger partial charge in [-0.1, -0.05) is 0 Å². The normalized spacial score (nSPS) is 12.9. The maximum absolute atomic E-state index is 13.0. The van der Waals surface area contributed by atoms with Crippen molar-refractivity contribution in [3.8, 4) is 0 Å². The number of carbonyl (C=O) groups excluding carboxylic acids is 3. The van der Waals surface area contributed by atoms with Crippen molar-refractivity contribution in [1.29, 1.82) is 5.41 Å². The minimum Gasteiger partial charge on any atom is -0.475 e. The lowest BCUT2D eigenvalue weighted by Gasteiger charge is -2.27. The highest BCUT2D eigenvalue weighted by atomic mass is 19.4. The molecule has 3 N–H and O–H groups in total. The van der Waals surface area contributed by atoms with Gasteiger partial charge in [0.25, 0.3) is 5.90 Å². The number of hydrogen-bond acceptors (Lipinski definition) is 8. The highest BCUT2D eigenvalue weighted by Crippen LogP contribution is 2.16. The first-order valence-corrected chi connectivity index (χ1v) is 12.4. The number of hydrogen-bond donors (Lipinski definition) is 3. The van der Waals surface area contributed by atoms with Crippen molar-refractivity contribution >= 4 is 24.0 Å². The van der Waals surface area contributed by atoms with E-state index in [1.165, 1.54) is 4.90 Å². The fraction of sp³-hybridized carbons (Fsp3) is 0.833. The zero-order valence-electron chi connectivity index (χ0n) is 23.7. The second kappa shape index (κ2) is 15.6. The molecule has 3 amide bonds. The van der Waals surface area contributed by atoms with Crippen LogP contribution in [0.3, 0.4) is 0 Å². The average Bonchev–Trinajstić information content (AvgIpc) is 2.73. The molecule has 0 fully saturated rings. The zero-order valence-corrected chi connectivity index (χ0v) is 23.7. The van der Waals surface area contributed by atoms with Crippen molar-refractivity contribution in [2.45, 2.75) is 84.2 Å². The molecular formula is C24H44F3N5O6. The Morgan fingerprint density at radius 3 is 1.87 bits per heavy atom. The van der Waals surface area contributed by atoms with E-state index in [0.717, 1.165) is 0 Å². The Morgan fingerprint density at radius 1 is 0.842 bits per heavy atom. The Morgan fingerprint density at radius 2 is 1.34 bits per heavy atom. The summed E-state index contributed by atoms with van der Waals surface area (Å²) in [5.41, 5.74) is -1.51. The average molecular weight is 556 g/mol. The van der Waals surface area contributed by atoms with Crippen LogP contribution in [0.15, 0.2) is 0 Å². The Balaban J connectivity index is 4.68. The Hall–Kier alpha value is -2.77. The molecule has 0 aliphatic carbocycles. The van der Waals surface area contributed by atoms with Crippen LogP contribution in [0.25, 0.3) is 0 Å². The Kier molecular flexibility index (Phi) is 14.5. The summed E-state index contributed by atoms with van der Waals surface area (Å²) in [6.45, 7) is 11.3. The van der Waals surface area contributed by atoms with Crippen LogP contribution in [0, 0.1) is 5.41 Å². The third kappa shape index (κ3) is 17.6. The van der Waals surface area contributed by atoms with Gasteiger partial charge in [-0.3, -0.25) is 10.2 Å².